The van der Waals surface area contributed by atoms with Gasteiger partial charge in [0.15, 0.2) is 0 Å². The largest absolute Gasteiger partial charge is 0.312 e. The molecule has 0 spiro atoms. The van der Waals surface area contributed by atoms with Crippen LogP contribution in [0, 0.1) is 13.8 Å². The summed E-state index contributed by atoms with van der Waals surface area (Å²) in [6.45, 7) is 9.84. The highest BCUT2D eigenvalue weighted by Crippen LogP contribution is 2.26. The van der Waals surface area contributed by atoms with E-state index in [1.807, 2.05) is 32.4 Å². The molecule has 2 aromatic rings. The molecule has 152 valence electrons. The van der Waals surface area contributed by atoms with Gasteiger partial charge in [-0.05, 0) is 51.5 Å². The van der Waals surface area contributed by atoms with Gasteiger partial charge in [-0.2, -0.15) is 9.40 Å². The standard InChI is InChI=1S/C20H28N4O3S/c1-5-22(14-19-15(3)21-24(6-2)16(19)4)28(26,27)18-11-9-17(10-12-18)23-13-7-8-20(23)25/h9-12H,5-8,13-14H2,1-4H3. The third-order valence-corrected chi connectivity index (χ3v) is 7.31. The lowest BCUT2D eigenvalue weighted by Crippen LogP contribution is -2.31. The predicted molar refractivity (Wildman–Crippen MR) is 109 cm³/mol. The number of rotatable bonds is 7. The number of benzene rings is 1. The van der Waals surface area contributed by atoms with E-state index in [0.717, 1.165) is 35.6 Å². The molecule has 1 aliphatic rings. The zero-order valence-electron chi connectivity index (χ0n) is 17.0. The number of aromatic nitrogens is 2. The molecule has 3 rings (SSSR count). The second-order valence-electron chi connectivity index (χ2n) is 7.04. The Morgan fingerprint density at radius 2 is 1.82 bits per heavy atom. The number of hydrogen-bond acceptors (Lipinski definition) is 4. The summed E-state index contributed by atoms with van der Waals surface area (Å²) in [5.41, 5.74) is 3.56. The number of sulfonamides is 1. The van der Waals surface area contributed by atoms with Crippen molar-refractivity contribution in [3.8, 4) is 0 Å². The van der Waals surface area contributed by atoms with Gasteiger partial charge in [-0.3, -0.25) is 9.48 Å². The summed E-state index contributed by atoms with van der Waals surface area (Å²) in [5.74, 6) is 0.0877. The highest BCUT2D eigenvalue weighted by atomic mass is 32.2. The summed E-state index contributed by atoms with van der Waals surface area (Å²) < 4.78 is 29.7. The van der Waals surface area contributed by atoms with E-state index in [4.69, 9.17) is 0 Å². The van der Waals surface area contributed by atoms with Gasteiger partial charge in [-0.25, -0.2) is 8.42 Å². The Hall–Kier alpha value is -2.19. The summed E-state index contributed by atoms with van der Waals surface area (Å²) >= 11 is 0. The molecule has 0 aliphatic carbocycles. The maximum Gasteiger partial charge on any atom is 0.243 e. The van der Waals surface area contributed by atoms with Crippen LogP contribution in [0.1, 0.15) is 43.6 Å². The van der Waals surface area contributed by atoms with Gasteiger partial charge in [0.25, 0.3) is 0 Å². The summed E-state index contributed by atoms with van der Waals surface area (Å²) in [6.07, 6.45) is 1.39. The highest BCUT2D eigenvalue weighted by molar-refractivity contribution is 7.89. The van der Waals surface area contributed by atoms with E-state index in [1.54, 1.807) is 29.2 Å². The lowest BCUT2D eigenvalue weighted by atomic mass is 10.2. The number of carbonyl (C=O) groups excluding carboxylic acids is 1. The Bertz CT molecular complexity index is 964. The van der Waals surface area contributed by atoms with Crippen LogP contribution >= 0.6 is 0 Å². The van der Waals surface area contributed by atoms with Crippen molar-refractivity contribution in [3.63, 3.8) is 0 Å². The van der Waals surface area contributed by atoms with Gasteiger partial charge >= 0.3 is 0 Å². The smallest absolute Gasteiger partial charge is 0.243 e. The molecule has 0 atom stereocenters. The molecule has 0 N–H and O–H groups in total. The van der Waals surface area contributed by atoms with E-state index in [-0.39, 0.29) is 10.8 Å². The third kappa shape index (κ3) is 3.71. The fraction of sp³-hybridized carbons (Fsp3) is 0.500. The van der Waals surface area contributed by atoms with Crippen LogP contribution in [0.4, 0.5) is 5.69 Å². The minimum absolute atomic E-state index is 0.0877. The van der Waals surface area contributed by atoms with Crippen molar-refractivity contribution in [2.24, 2.45) is 0 Å². The zero-order valence-corrected chi connectivity index (χ0v) is 17.8. The van der Waals surface area contributed by atoms with Gasteiger partial charge in [0.05, 0.1) is 10.6 Å². The molecule has 8 heteroatoms. The maximum atomic E-state index is 13.2. The van der Waals surface area contributed by atoms with E-state index in [0.29, 0.717) is 26.1 Å². The van der Waals surface area contributed by atoms with Crippen LogP contribution in [0.15, 0.2) is 29.2 Å². The second-order valence-corrected chi connectivity index (χ2v) is 8.98. The lowest BCUT2D eigenvalue weighted by molar-refractivity contribution is -0.117. The maximum absolute atomic E-state index is 13.2. The molecule has 0 unspecified atom stereocenters. The number of hydrogen-bond donors (Lipinski definition) is 0. The quantitative estimate of drug-likeness (QED) is 0.711. The Morgan fingerprint density at radius 3 is 2.32 bits per heavy atom. The molecule has 0 saturated carbocycles. The van der Waals surface area contributed by atoms with Gasteiger partial charge in [-0.15, -0.1) is 0 Å². The minimum Gasteiger partial charge on any atom is -0.312 e. The number of aryl methyl sites for hydroxylation is 2. The number of carbonyl (C=O) groups is 1. The molecule has 1 aliphatic heterocycles. The zero-order chi connectivity index (χ0) is 20.5. The van der Waals surface area contributed by atoms with Crippen molar-refractivity contribution < 1.29 is 13.2 Å². The van der Waals surface area contributed by atoms with Crippen LogP contribution in [0.3, 0.4) is 0 Å². The fourth-order valence-electron chi connectivity index (χ4n) is 3.68. The monoisotopic (exact) mass is 404 g/mol. The Kier molecular flexibility index (Phi) is 5.90. The van der Waals surface area contributed by atoms with E-state index in [9.17, 15) is 13.2 Å². The van der Waals surface area contributed by atoms with Crippen molar-refractivity contribution in [3.05, 3.63) is 41.2 Å². The van der Waals surface area contributed by atoms with Crippen molar-refractivity contribution in [1.82, 2.24) is 14.1 Å². The van der Waals surface area contributed by atoms with Crippen molar-refractivity contribution in [1.29, 1.82) is 0 Å². The SMILES string of the molecule is CCN(Cc1c(C)nn(CC)c1C)S(=O)(=O)c1ccc(N2CCCC2=O)cc1. The first-order valence-corrected chi connectivity index (χ1v) is 11.2. The molecule has 0 bridgehead atoms. The summed E-state index contributed by atoms with van der Waals surface area (Å²) in [7, 11) is -3.64. The number of amides is 1. The Labute approximate surface area is 167 Å². The van der Waals surface area contributed by atoms with Crippen LogP contribution in [0.2, 0.25) is 0 Å². The van der Waals surface area contributed by atoms with Crippen LogP contribution in [0.5, 0.6) is 0 Å². The van der Waals surface area contributed by atoms with Gasteiger partial charge < -0.3 is 4.90 Å². The first-order valence-electron chi connectivity index (χ1n) is 9.73. The Balaban J connectivity index is 1.86. The van der Waals surface area contributed by atoms with E-state index in [1.165, 1.54) is 4.31 Å². The Morgan fingerprint density at radius 1 is 1.14 bits per heavy atom. The first kappa shape index (κ1) is 20.5. The van der Waals surface area contributed by atoms with E-state index >= 15 is 0 Å². The van der Waals surface area contributed by atoms with Crippen molar-refractivity contribution >= 4 is 21.6 Å². The highest BCUT2D eigenvalue weighted by Gasteiger charge is 2.27. The van der Waals surface area contributed by atoms with E-state index in [2.05, 4.69) is 5.10 Å². The number of nitrogens with zero attached hydrogens (tertiary/aromatic N) is 4. The van der Waals surface area contributed by atoms with Crippen molar-refractivity contribution in [2.45, 2.75) is 58.5 Å². The fourth-order valence-corrected chi connectivity index (χ4v) is 5.10. The summed E-state index contributed by atoms with van der Waals surface area (Å²) in [5, 5.41) is 4.49. The molecular weight excluding hydrogens is 376 g/mol. The van der Waals surface area contributed by atoms with Gasteiger partial charge in [-0.1, -0.05) is 6.92 Å². The number of anilines is 1. The summed E-state index contributed by atoms with van der Waals surface area (Å²) in [6, 6.07) is 6.62. The molecular formula is C20H28N4O3S. The lowest BCUT2D eigenvalue weighted by Gasteiger charge is -2.22. The predicted octanol–water partition coefficient (Wildman–Crippen LogP) is 2.86. The van der Waals surface area contributed by atoms with Crippen LogP contribution in [-0.2, 0) is 27.9 Å². The molecule has 1 amide bonds. The third-order valence-electron chi connectivity index (χ3n) is 5.38. The molecule has 1 aromatic heterocycles. The molecule has 1 aromatic carbocycles. The van der Waals surface area contributed by atoms with Crippen LogP contribution in [0.25, 0.3) is 0 Å². The molecule has 1 fully saturated rings. The van der Waals surface area contributed by atoms with Crippen LogP contribution < -0.4 is 4.90 Å². The summed E-state index contributed by atoms with van der Waals surface area (Å²) in [4.78, 5) is 13.8. The van der Waals surface area contributed by atoms with Gasteiger partial charge in [0.1, 0.15) is 0 Å². The van der Waals surface area contributed by atoms with Crippen molar-refractivity contribution in [2.75, 3.05) is 18.0 Å². The molecule has 7 nitrogen and oxygen atoms in total. The molecule has 1 saturated heterocycles. The minimum atomic E-state index is -3.64. The normalized spacial score (nSPS) is 15.0. The average Bonchev–Trinajstić information content (AvgIpc) is 3.22. The first-order chi connectivity index (χ1) is 13.3. The van der Waals surface area contributed by atoms with Crippen LogP contribution in [-0.4, -0.2) is 41.5 Å². The second kappa shape index (κ2) is 8.05. The molecule has 0 radical (unpaired) electrons. The van der Waals surface area contributed by atoms with Gasteiger partial charge in [0, 0.05) is 49.5 Å². The topological polar surface area (TPSA) is 75.5 Å². The molecule has 2 heterocycles. The molecule has 28 heavy (non-hydrogen) atoms. The average molecular weight is 405 g/mol. The van der Waals surface area contributed by atoms with E-state index < -0.39 is 10.0 Å². The van der Waals surface area contributed by atoms with Gasteiger partial charge in [0.2, 0.25) is 15.9 Å².